The smallest absolute Gasteiger partial charge is 0.310 e. The summed E-state index contributed by atoms with van der Waals surface area (Å²) in [6, 6.07) is 0. The van der Waals surface area contributed by atoms with Crippen molar-refractivity contribution in [3.05, 3.63) is 12.2 Å². The fourth-order valence-electron chi connectivity index (χ4n) is 0.866. The van der Waals surface area contributed by atoms with Gasteiger partial charge in [0.15, 0.2) is 0 Å². The van der Waals surface area contributed by atoms with E-state index in [1.807, 2.05) is 26.8 Å². The summed E-state index contributed by atoms with van der Waals surface area (Å²) in [6.45, 7) is 6.36. The highest BCUT2D eigenvalue weighted by Crippen LogP contribution is 2.11. The van der Waals surface area contributed by atoms with E-state index in [9.17, 15) is 4.79 Å². The molecule has 1 atom stereocenters. The van der Waals surface area contributed by atoms with Crippen molar-refractivity contribution in [2.75, 3.05) is 6.61 Å². The van der Waals surface area contributed by atoms with Crippen LogP contribution in [0, 0.1) is 0 Å². The second-order valence-electron chi connectivity index (χ2n) is 4.09. The monoisotopic (exact) mass is 184 g/mol. The second-order valence-corrected chi connectivity index (χ2v) is 4.09. The third-order valence-corrected chi connectivity index (χ3v) is 1.41. The first-order valence-electron chi connectivity index (χ1n) is 4.47. The molecule has 0 amide bonds. The molecule has 3 nitrogen and oxygen atoms in total. The normalized spacial score (nSPS) is 21.9. The maximum absolute atomic E-state index is 11.1. The van der Waals surface area contributed by atoms with Crippen LogP contribution in [0.25, 0.3) is 0 Å². The van der Waals surface area contributed by atoms with Gasteiger partial charge >= 0.3 is 5.97 Å². The molecule has 0 bridgehead atoms. The molecule has 1 fully saturated rings. The molecule has 0 aromatic rings. The van der Waals surface area contributed by atoms with Gasteiger partial charge in [0.2, 0.25) is 0 Å². The lowest BCUT2D eigenvalue weighted by Gasteiger charge is -2.18. The molecule has 1 saturated heterocycles. The van der Waals surface area contributed by atoms with Crippen LogP contribution in [-0.2, 0) is 14.3 Å². The van der Waals surface area contributed by atoms with Crippen molar-refractivity contribution in [2.24, 2.45) is 0 Å². The van der Waals surface area contributed by atoms with E-state index in [-0.39, 0.29) is 17.7 Å². The molecule has 0 saturated carbocycles. The molecule has 1 unspecified atom stereocenters. The highest BCUT2D eigenvalue weighted by molar-refractivity contribution is 5.71. The van der Waals surface area contributed by atoms with Gasteiger partial charge in [0.25, 0.3) is 0 Å². The highest BCUT2D eigenvalue weighted by atomic mass is 16.6. The van der Waals surface area contributed by atoms with E-state index >= 15 is 0 Å². The minimum atomic E-state index is -0.388. The highest BCUT2D eigenvalue weighted by Gasteiger charge is 2.18. The molecule has 0 aromatic carbocycles. The van der Waals surface area contributed by atoms with Gasteiger partial charge in [-0.2, -0.15) is 0 Å². The zero-order chi connectivity index (χ0) is 9.90. The summed E-state index contributed by atoms with van der Waals surface area (Å²) in [5, 5.41) is 0. The molecule has 0 spiro atoms. The van der Waals surface area contributed by atoms with Crippen LogP contribution in [0.4, 0.5) is 0 Å². The minimum absolute atomic E-state index is 0.190. The van der Waals surface area contributed by atoms with E-state index in [4.69, 9.17) is 9.47 Å². The van der Waals surface area contributed by atoms with E-state index in [1.54, 1.807) is 6.08 Å². The van der Waals surface area contributed by atoms with Gasteiger partial charge in [0, 0.05) is 0 Å². The molecule has 3 heteroatoms. The zero-order valence-electron chi connectivity index (χ0n) is 8.37. The number of hydrogen-bond donors (Lipinski definition) is 0. The summed E-state index contributed by atoms with van der Waals surface area (Å²) in [7, 11) is 0. The van der Waals surface area contributed by atoms with Crippen molar-refractivity contribution in [3.63, 3.8) is 0 Å². The number of epoxide rings is 1. The Bertz CT molecular complexity index is 209. The molecular formula is C10H16O3. The van der Waals surface area contributed by atoms with Crippen LogP contribution in [0.1, 0.15) is 27.2 Å². The second kappa shape index (κ2) is 3.92. The summed E-state index contributed by atoms with van der Waals surface area (Å²) in [6.07, 6.45) is 4.26. The molecule has 1 aliphatic rings. The predicted octanol–water partition coefficient (Wildman–Crippen LogP) is 1.67. The Morgan fingerprint density at radius 1 is 1.62 bits per heavy atom. The third-order valence-electron chi connectivity index (χ3n) is 1.41. The van der Waals surface area contributed by atoms with Crippen LogP contribution in [-0.4, -0.2) is 24.3 Å². The average Bonchev–Trinajstić information content (AvgIpc) is 2.66. The molecule has 0 aromatic heterocycles. The fraction of sp³-hybridized carbons (Fsp3) is 0.700. The zero-order valence-corrected chi connectivity index (χ0v) is 8.37. The van der Waals surface area contributed by atoms with Crippen LogP contribution in [0.2, 0.25) is 0 Å². The number of carbonyl (C=O) groups is 1. The van der Waals surface area contributed by atoms with Gasteiger partial charge in [-0.25, -0.2) is 0 Å². The molecule has 74 valence electrons. The number of carbonyl (C=O) groups excluding carboxylic acids is 1. The Hall–Kier alpha value is -0.830. The van der Waals surface area contributed by atoms with Crippen LogP contribution in [0.15, 0.2) is 12.2 Å². The van der Waals surface area contributed by atoms with E-state index in [2.05, 4.69) is 0 Å². The van der Waals surface area contributed by atoms with Crippen LogP contribution in [0.3, 0.4) is 0 Å². The minimum Gasteiger partial charge on any atom is -0.460 e. The number of hydrogen-bond acceptors (Lipinski definition) is 3. The molecule has 13 heavy (non-hydrogen) atoms. The quantitative estimate of drug-likeness (QED) is 0.380. The largest absolute Gasteiger partial charge is 0.460 e. The molecule has 0 aliphatic carbocycles. The van der Waals surface area contributed by atoms with E-state index in [0.717, 1.165) is 6.61 Å². The van der Waals surface area contributed by atoms with Crippen LogP contribution < -0.4 is 0 Å². The maximum Gasteiger partial charge on any atom is 0.310 e. The summed E-state index contributed by atoms with van der Waals surface area (Å²) >= 11 is 0. The van der Waals surface area contributed by atoms with Gasteiger partial charge < -0.3 is 9.47 Å². The van der Waals surface area contributed by atoms with Crippen molar-refractivity contribution in [2.45, 2.75) is 38.9 Å². The Kier molecular flexibility index (Phi) is 3.09. The summed E-state index contributed by atoms with van der Waals surface area (Å²) in [5.74, 6) is -0.190. The molecule has 0 radical (unpaired) electrons. The van der Waals surface area contributed by atoms with Gasteiger partial charge in [0.05, 0.1) is 19.1 Å². The first-order chi connectivity index (χ1) is 5.97. The van der Waals surface area contributed by atoms with Gasteiger partial charge in [0.1, 0.15) is 5.60 Å². The molecular weight excluding hydrogens is 168 g/mol. The molecule has 1 rings (SSSR count). The summed E-state index contributed by atoms with van der Waals surface area (Å²) in [5.41, 5.74) is -0.388. The average molecular weight is 184 g/mol. The summed E-state index contributed by atoms with van der Waals surface area (Å²) in [4.78, 5) is 11.1. The van der Waals surface area contributed by atoms with E-state index in [1.165, 1.54) is 0 Å². The van der Waals surface area contributed by atoms with Crippen molar-refractivity contribution in [1.29, 1.82) is 0 Å². The standard InChI is InChI=1S/C10H16O3/c1-10(2,3)13-9(11)6-4-5-8-7-12-8/h4-5,8H,6-7H2,1-3H3/b5-4+. The van der Waals surface area contributed by atoms with Crippen LogP contribution >= 0.6 is 0 Å². The molecule has 1 aliphatic heterocycles. The number of ether oxygens (including phenoxy) is 2. The summed E-state index contributed by atoms with van der Waals surface area (Å²) < 4.78 is 10.1. The van der Waals surface area contributed by atoms with Gasteiger partial charge in [-0.1, -0.05) is 12.2 Å². The van der Waals surface area contributed by atoms with Gasteiger partial charge in [-0.3, -0.25) is 4.79 Å². The SMILES string of the molecule is CC(C)(C)OC(=O)C/C=C/C1CO1. The topological polar surface area (TPSA) is 38.8 Å². The fourth-order valence-corrected chi connectivity index (χ4v) is 0.866. The van der Waals surface area contributed by atoms with Crippen LogP contribution in [0.5, 0.6) is 0 Å². The number of rotatable bonds is 3. The predicted molar refractivity (Wildman–Crippen MR) is 49.3 cm³/mol. The lowest BCUT2D eigenvalue weighted by Crippen LogP contribution is -2.23. The maximum atomic E-state index is 11.1. The van der Waals surface area contributed by atoms with Gasteiger partial charge in [-0.05, 0) is 20.8 Å². The van der Waals surface area contributed by atoms with Crippen molar-refractivity contribution in [3.8, 4) is 0 Å². The Labute approximate surface area is 78.7 Å². The van der Waals surface area contributed by atoms with Crippen molar-refractivity contribution >= 4 is 5.97 Å². The Morgan fingerprint density at radius 2 is 2.23 bits per heavy atom. The van der Waals surface area contributed by atoms with E-state index < -0.39 is 0 Å². The lowest BCUT2D eigenvalue weighted by molar-refractivity contribution is -0.153. The first-order valence-corrected chi connectivity index (χ1v) is 4.47. The Balaban J connectivity index is 2.16. The van der Waals surface area contributed by atoms with E-state index in [0.29, 0.717) is 6.42 Å². The van der Waals surface area contributed by atoms with Crippen molar-refractivity contribution < 1.29 is 14.3 Å². The lowest BCUT2D eigenvalue weighted by atomic mass is 10.2. The third kappa shape index (κ3) is 5.42. The molecule has 0 N–H and O–H groups in total. The number of esters is 1. The van der Waals surface area contributed by atoms with Crippen molar-refractivity contribution in [1.82, 2.24) is 0 Å². The Morgan fingerprint density at radius 3 is 2.69 bits per heavy atom. The molecule has 1 heterocycles. The first kappa shape index (κ1) is 10.3. The van der Waals surface area contributed by atoms with Gasteiger partial charge in [-0.15, -0.1) is 0 Å².